The van der Waals surface area contributed by atoms with Crippen molar-refractivity contribution >= 4 is 11.8 Å². The SMILES string of the molecule is CC(C#N)N1C(=O)CCCC1=O. The summed E-state index contributed by atoms with van der Waals surface area (Å²) in [5, 5.41) is 8.53. The minimum Gasteiger partial charge on any atom is -0.274 e. The lowest BCUT2D eigenvalue weighted by molar-refractivity contribution is -0.149. The van der Waals surface area contributed by atoms with Crippen LogP contribution in [0.3, 0.4) is 0 Å². The van der Waals surface area contributed by atoms with E-state index >= 15 is 0 Å². The maximum atomic E-state index is 11.2. The van der Waals surface area contributed by atoms with Crippen LogP contribution in [0.4, 0.5) is 0 Å². The monoisotopic (exact) mass is 166 g/mol. The number of piperidine rings is 1. The lowest BCUT2D eigenvalue weighted by atomic mass is 10.1. The summed E-state index contributed by atoms with van der Waals surface area (Å²) in [6.45, 7) is 1.56. The number of nitriles is 1. The lowest BCUT2D eigenvalue weighted by Gasteiger charge is -2.26. The van der Waals surface area contributed by atoms with Gasteiger partial charge in [0.05, 0.1) is 6.07 Å². The molecule has 0 aliphatic carbocycles. The van der Waals surface area contributed by atoms with E-state index in [0.29, 0.717) is 19.3 Å². The van der Waals surface area contributed by atoms with Crippen molar-refractivity contribution in [3.63, 3.8) is 0 Å². The van der Waals surface area contributed by atoms with Crippen molar-refractivity contribution < 1.29 is 9.59 Å². The summed E-state index contributed by atoms with van der Waals surface area (Å²) < 4.78 is 0. The van der Waals surface area contributed by atoms with E-state index < -0.39 is 6.04 Å². The number of hydrogen-bond donors (Lipinski definition) is 0. The molecule has 0 N–H and O–H groups in total. The van der Waals surface area contributed by atoms with E-state index in [-0.39, 0.29) is 11.8 Å². The van der Waals surface area contributed by atoms with Crippen LogP contribution in [0.15, 0.2) is 0 Å². The smallest absolute Gasteiger partial charge is 0.230 e. The Hall–Kier alpha value is -1.37. The van der Waals surface area contributed by atoms with E-state index in [1.807, 2.05) is 6.07 Å². The molecular weight excluding hydrogens is 156 g/mol. The van der Waals surface area contributed by atoms with Gasteiger partial charge < -0.3 is 0 Å². The van der Waals surface area contributed by atoms with Crippen molar-refractivity contribution in [3.8, 4) is 6.07 Å². The van der Waals surface area contributed by atoms with Gasteiger partial charge in [0.25, 0.3) is 0 Å². The average molecular weight is 166 g/mol. The summed E-state index contributed by atoms with van der Waals surface area (Å²) >= 11 is 0. The van der Waals surface area contributed by atoms with E-state index in [2.05, 4.69) is 0 Å². The minimum absolute atomic E-state index is 0.222. The predicted octanol–water partition coefficient (Wildman–Crippen LogP) is 0.438. The molecule has 1 saturated heterocycles. The Morgan fingerprint density at radius 2 is 1.92 bits per heavy atom. The zero-order valence-corrected chi connectivity index (χ0v) is 6.91. The van der Waals surface area contributed by atoms with E-state index in [4.69, 9.17) is 5.26 Å². The molecule has 1 aliphatic rings. The molecule has 0 aromatic heterocycles. The summed E-state index contributed by atoms with van der Waals surface area (Å²) in [7, 11) is 0. The van der Waals surface area contributed by atoms with Gasteiger partial charge in [-0.2, -0.15) is 5.26 Å². The maximum absolute atomic E-state index is 11.2. The molecule has 0 aromatic carbocycles. The molecule has 1 atom stereocenters. The minimum atomic E-state index is -0.620. The standard InChI is InChI=1S/C8H10N2O2/c1-6(5-9)10-7(11)3-2-4-8(10)12/h6H,2-4H2,1H3. The van der Waals surface area contributed by atoms with Crippen LogP contribution in [0, 0.1) is 11.3 Å². The Balaban J connectivity index is 2.78. The predicted molar refractivity (Wildman–Crippen MR) is 40.8 cm³/mol. The maximum Gasteiger partial charge on any atom is 0.230 e. The molecule has 64 valence electrons. The Morgan fingerprint density at radius 1 is 1.42 bits per heavy atom. The fourth-order valence-corrected chi connectivity index (χ4v) is 1.26. The van der Waals surface area contributed by atoms with Crippen molar-refractivity contribution in [1.29, 1.82) is 5.26 Å². The molecule has 1 fully saturated rings. The number of hydrogen-bond acceptors (Lipinski definition) is 3. The van der Waals surface area contributed by atoms with Crippen molar-refractivity contribution in [2.45, 2.75) is 32.2 Å². The van der Waals surface area contributed by atoms with Crippen LogP contribution in [-0.4, -0.2) is 22.8 Å². The molecule has 0 aromatic rings. The van der Waals surface area contributed by atoms with Crippen molar-refractivity contribution in [2.75, 3.05) is 0 Å². The second kappa shape index (κ2) is 3.35. The molecule has 2 amide bonds. The van der Waals surface area contributed by atoms with Gasteiger partial charge in [-0.25, -0.2) is 0 Å². The third-order valence-corrected chi connectivity index (χ3v) is 1.89. The summed E-state index contributed by atoms with van der Waals surface area (Å²) in [6, 6.07) is 1.26. The highest BCUT2D eigenvalue weighted by Crippen LogP contribution is 2.14. The first-order valence-corrected chi connectivity index (χ1v) is 3.91. The van der Waals surface area contributed by atoms with Crippen LogP contribution in [0.5, 0.6) is 0 Å². The Kier molecular flexibility index (Phi) is 2.44. The number of imide groups is 1. The van der Waals surface area contributed by atoms with Crippen molar-refractivity contribution in [3.05, 3.63) is 0 Å². The van der Waals surface area contributed by atoms with Gasteiger partial charge in [-0.15, -0.1) is 0 Å². The highest BCUT2D eigenvalue weighted by molar-refractivity contribution is 5.98. The molecular formula is C8H10N2O2. The summed E-state index contributed by atoms with van der Waals surface area (Å²) in [4.78, 5) is 23.4. The van der Waals surface area contributed by atoms with Crippen LogP contribution in [0.1, 0.15) is 26.2 Å². The molecule has 1 unspecified atom stereocenters. The van der Waals surface area contributed by atoms with Crippen molar-refractivity contribution in [2.24, 2.45) is 0 Å². The Labute approximate surface area is 70.8 Å². The van der Waals surface area contributed by atoms with Crippen LogP contribution >= 0.6 is 0 Å². The van der Waals surface area contributed by atoms with Crippen LogP contribution in [-0.2, 0) is 9.59 Å². The number of nitrogens with zero attached hydrogens (tertiary/aromatic N) is 2. The summed E-state index contributed by atoms with van der Waals surface area (Å²) in [6.07, 6.45) is 1.39. The second-order valence-corrected chi connectivity index (χ2v) is 2.82. The fourth-order valence-electron chi connectivity index (χ4n) is 1.26. The van der Waals surface area contributed by atoms with Crippen LogP contribution < -0.4 is 0 Å². The number of carbonyl (C=O) groups excluding carboxylic acids is 2. The summed E-state index contributed by atoms with van der Waals surface area (Å²) in [5.41, 5.74) is 0. The first-order valence-electron chi connectivity index (χ1n) is 3.91. The fraction of sp³-hybridized carbons (Fsp3) is 0.625. The molecule has 0 saturated carbocycles. The Morgan fingerprint density at radius 3 is 2.33 bits per heavy atom. The van der Waals surface area contributed by atoms with Gasteiger partial charge >= 0.3 is 0 Å². The number of carbonyl (C=O) groups is 2. The second-order valence-electron chi connectivity index (χ2n) is 2.82. The molecule has 4 heteroatoms. The third-order valence-electron chi connectivity index (χ3n) is 1.89. The molecule has 1 heterocycles. The molecule has 0 spiro atoms. The van der Waals surface area contributed by atoms with Gasteiger partial charge in [-0.05, 0) is 13.3 Å². The normalized spacial score (nSPS) is 20.5. The van der Waals surface area contributed by atoms with Gasteiger partial charge in [0.15, 0.2) is 0 Å². The number of rotatable bonds is 1. The van der Waals surface area contributed by atoms with Gasteiger partial charge in [0.2, 0.25) is 11.8 Å². The molecule has 1 rings (SSSR count). The zero-order chi connectivity index (χ0) is 9.14. The van der Waals surface area contributed by atoms with E-state index in [0.717, 1.165) is 4.90 Å². The number of likely N-dealkylation sites (tertiary alicyclic amines) is 1. The van der Waals surface area contributed by atoms with Crippen LogP contribution in [0.25, 0.3) is 0 Å². The third kappa shape index (κ3) is 1.45. The molecule has 0 bridgehead atoms. The first kappa shape index (κ1) is 8.72. The lowest BCUT2D eigenvalue weighted by Crippen LogP contribution is -2.45. The van der Waals surface area contributed by atoms with Gasteiger partial charge in [0, 0.05) is 12.8 Å². The quantitative estimate of drug-likeness (QED) is 0.531. The van der Waals surface area contributed by atoms with E-state index in [1.54, 1.807) is 6.92 Å². The molecule has 0 radical (unpaired) electrons. The molecule has 4 nitrogen and oxygen atoms in total. The largest absolute Gasteiger partial charge is 0.274 e. The molecule has 1 aliphatic heterocycles. The van der Waals surface area contributed by atoms with Gasteiger partial charge in [-0.1, -0.05) is 0 Å². The average Bonchev–Trinajstić information content (AvgIpc) is 2.03. The van der Waals surface area contributed by atoms with Crippen molar-refractivity contribution in [1.82, 2.24) is 4.90 Å². The zero-order valence-electron chi connectivity index (χ0n) is 6.91. The van der Waals surface area contributed by atoms with E-state index in [9.17, 15) is 9.59 Å². The Bertz CT molecular complexity index is 238. The number of amides is 2. The van der Waals surface area contributed by atoms with Crippen LogP contribution in [0.2, 0.25) is 0 Å². The highest BCUT2D eigenvalue weighted by Gasteiger charge is 2.29. The molecule has 12 heavy (non-hydrogen) atoms. The van der Waals surface area contributed by atoms with E-state index in [1.165, 1.54) is 0 Å². The van der Waals surface area contributed by atoms with Gasteiger partial charge in [0.1, 0.15) is 6.04 Å². The highest BCUT2D eigenvalue weighted by atomic mass is 16.2. The topological polar surface area (TPSA) is 61.2 Å². The summed E-state index contributed by atoms with van der Waals surface area (Å²) in [5.74, 6) is -0.444. The first-order chi connectivity index (χ1) is 5.66. The van der Waals surface area contributed by atoms with Gasteiger partial charge in [-0.3, -0.25) is 14.5 Å².